The Bertz CT molecular complexity index is 1170. The van der Waals surface area contributed by atoms with Gasteiger partial charge in [0.1, 0.15) is 5.82 Å². The molecule has 1 aliphatic heterocycles. The van der Waals surface area contributed by atoms with Crippen molar-refractivity contribution in [1.82, 2.24) is 24.9 Å². The van der Waals surface area contributed by atoms with Crippen molar-refractivity contribution in [1.29, 1.82) is 0 Å². The minimum absolute atomic E-state index is 0.0977. The van der Waals surface area contributed by atoms with Crippen LogP contribution in [-0.2, 0) is 28.7 Å². The lowest BCUT2D eigenvalue weighted by Crippen LogP contribution is -2.32. The molecule has 1 aromatic carbocycles. The van der Waals surface area contributed by atoms with E-state index in [9.17, 15) is 12.8 Å². The number of aromatic nitrogens is 4. The van der Waals surface area contributed by atoms with Gasteiger partial charge in [0, 0.05) is 6.54 Å². The van der Waals surface area contributed by atoms with Crippen LogP contribution in [0.4, 0.5) is 4.39 Å². The van der Waals surface area contributed by atoms with E-state index in [1.54, 1.807) is 24.6 Å². The predicted molar refractivity (Wildman–Crippen MR) is 125 cm³/mol. The van der Waals surface area contributed by atoms with Crippen molar-refractivity contribution in [2.24, 2.45) is 0 Å². The fraction of sp³-hybridized carbons (Fsp3) is 0.458. The van der Waals surface area contributed by atoms with E-state index in [4.69, 9.17) is 0 Å². The summed E-state index contributed by atoms with van der Waals surface area (Å²) in [5, 5.41) is 8.08. The lowest BCUT2D eigenvalue weighted by Gasteiger charge is -2.31. The average Bonchev–Trinajstić information content (AvgIpc) is 3.22. The smallest absolute Gasteiger partial charge is 0.156 e. The third kappa shape index (κ3) is 6.23. The molecule has 0 unspecified atom stereocenters. The van der Waals surface area contributed by atoms with E-state index < -0.39 is 9.84 Å². The van der Waals surface area contributed by atoms with Gasteiger partial charge >= 0.3 is 0 Å². The maximum Gasteiger partial charge on any atom is 0.156 e. The zero-order chi connectivity index (χ0) is 23.4. The summed E-state index contributed by atoms with van der Waals surface area (Å²) in [6.45, 7) is 6.55. The lowest BCUT2D eigenvalue weighted by molar-refractivity contribution is 0.202. The fourth-order valence-electron chi connectivity index (χ4n) is 4.14. The Labute approximate surface area is 194 Å². The van der Waals surface area contributed by atoms with Gasteiger partial charge < -0.3 is 0 Å². The highest BCUT2D eigenvalue weighted by atomic mass is 32.2. The standard InChI is InChI=1S/C24H30FN5O2S/c1-18(2)33(31,32)17-19-4-3-5-21(12-19)20-8-10-29(11-9-20)14-24-16-30(28-27-24)15-23-7-6-22(25)13-26-23/h3-7,12-13,16,18,20H,8-11,14-15,17H2,1-2H3. The first-order valence-electron chi connectivity index (χ1n) is 11.3. The number of sulfone groups is 1. The molecule has 33 heavy (non-hydrogen) atoms. The molecule has 3 aromatic rings. The number of benzene rings is 1. The highest BCUT2D eigenvalue weighted by Crippen LogP contribution is 2.29. The Morgan fingerprint density at radius 3 is 2.58 bits per heavy atom. The third-order valence-electron chi connectivity index (χ3n) is 6.18. The number of hydrogen-bond donors (Lipinski definition) is 0. The Morgan fingerprint density at radius 1 is 1.09 bits per heavy atom. The molecule has 4 rings (SSSR count). The third-order valence-corrected chi connectivity index (χ3v) is 8.35. The predicted octanol–water partition coefficient (Wildman–Crippen LogP) is 3.56. The van der Waals surface area contributed by atoms with E-state index in [1.165, 1.54) is 17.8 Å². The summed E-state index contributed by atoms with van der Waals surface area (Å²) >= 11 is 0. The molecule has 3 heterocycles. The molecule has 7 nitrogen and oxygen atoms in total. The van der Waals surface area contributed by atoms with Crippen molar-refractivity contribution in [3.8, 4) is 0 Å². The summed E-state index contributed by atoms with van der Waals surface area (Å²) in [6.07, 6.45) is 5.16. The highest BCUT2D eigenvalue weighted by molar-refractivity contribution is 7.91. The molecule has 0 radical (unpaired) electrons. The van der Waals surface area contributed by atoms with E-state index in [0.717, 1.165) is 49.4 Å². The van der Waals surface area contributed by atoms with Gasteiger partial charge in [-0.1, -0.05) is 29.5 Å². The van der Waals surface area contributed by atoms with Gasteiger partial charge in [-0.2, -0.15) is 0 Å². The topological polar surface area (TPSA) is 81.0 Å². The Kier molecular flexibility index (Phi) is 7.19. The first-order chi connectivity index (χ1) is 15.8. The molecule has 9 heteroatoms. The molecule has 176 valence electrons. The second-order valence-corrected chi connectivity index (χ2v) is 11.6. The summed E-state index contributed by atoms with van der Waals surface area (Å²) < 4.78 is 39.3. The van der Waals surface area contributed by atoms with Crippen LogP contribution >= 0.6 is 0 Å². The van der Waals surface area contributed by atoms with Crippen LogP contribution in [0, 0.1) is 5.82 Å². The Balaban J connectivity index is 1.30. The highest BCUT2D eigenvalue weighted by Gasteiger charge is 2.23. The summed E-state index contributed by atoms with van der Waals surface area (Å²) in [5.74, 6) is 0.178. The Morgan fingerprint density at radius 2 is 1.88 bits per heavy atom. The van der Waals surface area contributed by atoms with Crippen LogP contribution in [0.2, 0.25) is 0 Å². The second kappa shape index (κ2) is 10.1. The van der Waals surface area contributed by atoms with Crippen LogP contribution in [0.5, 0.6) is 0 Å². The molecule has 1 saturated heterocycles. The molecule has 2 aromatic heterocycles. The molecule has 0 N–H and O–H groups in total. The van der Waals surface area contributed by atoms with Crippen LogP contribution in [0.1, 0.15) is 55.1 Å². The molecular formula is C24H30FN5O2S. The van der Waals surface area contributed by atoms with Gasteiger partial charge in [0.05, 0.1) is 41.3 Å². The number of halogens is 1. The van der Waals surface area contributed by atoms with Gasteiger partial charge in [-0.05, 0) is 69.0 Å². The van der Waals surface area contributed by atoms with Crippen molar-refractivity contribution in [3.63, 3.8) is 0 Å². The number of rotatable bonds is 8. The van der Waals surface area contributed by atoms with E-state index in [2.05, 4.69) is 32.3 Å². The summed E-state index contributed by atoms with van der Waals surface area (Å²) in [5.41, 5.74) is 3.73. The van der Waals surface area contributed by atoms with Crippen LogP contribution in [0.25, 0.3) is 0 Å². The number of likely N-dealkylation sites (tertiary alicyclic amines) is 1. The molecule has 1 fully saturated rings. The zero-order valence-electron chi connectivity index (χ0n) is 19.1. The Hall–Kier alpha value is -2.65. The molecule has 0 aliphatic carbocycles. The van der Waals surface area contributed by atoms with Crippen molar-refractivity contribution < 1.29 is 12.8 Å². The first-order valence-corrected chi connectivity index (χ1v) is 13.0. The monoisotopic (exact) mass is 471 g/mol. The second-order valence-electron chi connectivity index (χ2n) is 9.03. The van der Waals surface area contributed by atoms with Crippen molar-refractivity contribution >= 4 is 9.84 Å². The van der Waals surface area contributed by atoms with Crippen LogP contribution in [0.15, 0.2) is 48.8 Å². The number of hydrogen-bond acceptors (Lipinski definition) is 6. The molecule has 1 aliphatic rings. The van der Waals surface area contributed by atoms with Crippen LogP contribution in [0.3, 0.4) is 0 Å². The van der Waals surface area contributed by atoms with Gasteiger partial charge in [0.2, 0.25) is 0 Å². The SMILES string of the molecule is CC(C)S(=O)(=O)Cc1cccc(C2CCN(Cc3cn(Cc4ccc(F)cn4)nn3)CC2)c1. The quantitative estimate of drug-likeness (QED) is 0.500. The van der Waals surface area contributed by atoms with Crippen molar-refractivity contribution in [3.05, 3.63) is 77.1 Å². The van der Waals surface area contributed by atoms with E-state index in [-0.39, 0.29) is 16.8 Å². The molecular weight excluding hydrogens is 441 g/mol. The molecule has 0 amide bonds. The van der Waals surface area contributed by atoms with E-state index in [0.29, 0.717) is 12.5 Å². The summed E-state index contributed by atoms with van der Waals surface area (Å²) in [4.78, 5) is 6.43. The minimum Gasteiger partial charge on any atom is -0.297 e. The number of nitrogens with zero attached hydrogens (tertiary/aromatic N) is 5. The van der Waals surface area contributed by atoms with Gasteiger partial charge in [0.15, 0.2) is 9.84 Å². The first kappa shape index (κ1) is 23.5. The minimum atomic E-state index is -3.11. The molecule has 0 spiro atoms. The van der Waals surface area contributed by atoms with E-state index in [1.807, 2.05) is 18.3 Å². The van der Waals surface area contributed by atoms with Gasteiger partial charge in [0.25, 0.3) is 0 Å². The summed E-state index contributed by atoms with van der Waals surface area (Å²) in [6, 6.07) is 11.1. The largest absolute Gasteiger partial charge is 0.297 e. The molecule has 0 bridgehead atoms. The maximum atomic E-state index is 13.0. The van der Waals surface area contributed by atoms with Gasteiger partial charge in [-0.15, -0.1) is 5.10 Å². The average molecular weight is 472 g/mol. The van der Waals surface area contributed by atoms with Crippen molar-refractivity contribution in [2.45, 2.75) is 56.7 Å². The van der Waals surface area contributed by atoms with Crippen molar-refractivity contribution in [2.75, 3.05) is 13.1 Å². The van der Waals surface area contributed by atoms with Crippen LogP contribution < -0.4 is 0 Å². The fourth-order valence-corrected chi connectivity index (χ4v) is 5.12. The van der Waals surface area contributed by atoms with Crippen LogP contribution in [-0.4, -0.2) is 51.6 Å². The normalized spacial score (nSPS) is 15.9. The van der Waals surface area contributed by atoms with Gasteiger partial charge in [-0.25, -0.2) is 17.5 Å². The van der Waals surface area contributed by atoms with E-state index >= 15 is 0 Å². The number of piperidine rings is 1. The zero-order valence-corrected chi connectivity index (χ0v) is 19.9. The maximum absolute atomic E-state index is 13.0. The molecule has 0 atom stereocenters. The molecule has 0 saturated carbocycles. The summed E-state index contributed by atoms with van der Waals surface area (Å²) in [7, 11) is -3.11. The number of pyridine rings is 1. The van der Waals surface area contributed by atoms with Gasteiger partial charge in [-0.3, -0.25) is 9.88 Å². The lowest BCUT2D eigenvalue weighted by atomic mass is 9.88.